The van der Waals surface area contributed by atoms with E-state index in [1.807, 2.05) is 13.0 Å². The highest BCUT2D eigenvalue weighted by molar-refractivity contribution is 5.37. The summed E-state index contributed by atoms with van der Waals surface area (Å²) in [5.41, 5.74) is 0.684. The molecule has 2 rings (SSSR count). The number of ether oxygens (including phenoxy) is 1. The highest BCUT2D eigenvalue weighted by atomic mass is 19.1. The number of rotatable bonds is 6. The van der Waals surface area contributed by atoms with Crippen molar-refractivity contribution >= 4 is 0 Å². The van der Waals surface area contributed by atoms with E-state index in [-0.39, 0.29) is 11.9 Å². The second-order valence-corrected chi connectivity index (χ2v) is 4.65. The van der Waals surface area contributed by atoms with Gasteiger partial charge in [-0.15, -0.1) is 0 Å². The van der Waals surface area contributed by atoms with Crippen molar-refractivity contribution in [3.63, 3.8) is 0 Å². The molecule has 1 aliphatic rings. The van der Waals surface area contributed by atoms with Crippen LogP contribution in [0.3, 0.4) is 0 Å². The lowest BCUT2D eigenvalue weighted by molar-refractivity contribution is 0.382. The van der Waals surface area contributed by atoms with E-state index in [1.54, 1.807) is 13.2 Å². The van der Waals surface area contributed by atoms with E-state index < -0.39 is 0 Å². The summed E-state index contributed by atoms with van der Waals surface area (Å²) in [5, 5.41) is 3.37. The van der Waals surface area contributed by atoms with Crippen molar-refractivity contribution in [3.8, 4) is 5.75 Å². The fraction of sp³-hybridized carbons (Fsp3) is 0.571. The lowest BCUT2D eigenvalue weighted by Crippen LogP contribution is -2.23. The molecule has 0 spiro atoms. The van der Waals surface area contributed by atoms with Crippen molar-refractivity contribution in [2.45, 2.75) is 32.2 Å². The van der Waals surface area contributed by atoms with Crippen molar-refractivity contribution in [1.82, 2.24) is 5.32 Å². The molecule has 0 amide bonds. The first-order valence-electron chi connectivity index (χ1n) is 6.32. The first kappa shape index (κ1) is 12.4. The van der Waals surface area contributed by atoms with Crippen LogP contribution in [0.1, 0.15) is 37.8 Å². The predicted molar refractivity (Wildman–Crippen MR) is 66.7 cm³/mol. The SMILES string of the molecule is CCNC(CC1CC1)c1c(F)cccc1OC. The summed E-state index contributed by atoms with van der Waals surface area (Å²) >= 11 is 0. The van der Waals surface area contributed by atoms with E-state index in [1.165, 1.54) is 18.9 Å². The normalized spacial score (nSPS) is 16.9. The molecule has 1 aromatic carbocycles. The first-order valence-corrected chi connectivity index (χ1v) is 6.32. The zero-order valence-electron chi connectivity index (χ0n) is 10.5. The Balaban J connectivity index is 2.25. The average molecular weight is 237 g/mol. The minimum atomic E-state index is -0.170. The molecule has 1 N–H and O–H groups in total. The Morgan fingerprint density at radius 3 is 2.82 bits per heavy atom. The van der Waals surface area contributed by atoms with Gasteiger partial charge >= 0.3 is 0 Å². The van der Waals surface area contributed by atoms with Crippen LogP contribution < -0.4 is 10.1 Å². The molecule has 1 fully saturated rings. The van der Waals surface area contributed by atoms with E-state index in [0.717, 1.165) is 18.9 Å². The molecule has 3 heteroatoms. The van der Waals surface area contributed by atoms with E-state index >= 15 is 0 Å². The van der Waals surface area contributed by atoms with Crippen LogP contribution in [0.25, 0.3) is 0 Å². The molecule has 0 radical (unpaired) electrons. The Morgan fingerprint density at radius 2 is 2.24 bits per heavy atom. The van der Waals surface area contributed by atoms with Crippen molar-refractivity contribution in [2.75, 3.05) is 13.7 Å². The highest BCUT2D eigenvalue weighted by Gasteiger charge is 2.28. The molecular formula is C14H20FNO. The molecule has 1 aliphatic carbocycles. The van der Waals surface area contributed by atoms with E-state index in [0.29, 0.717) is 11.3 Å². The van der Waals surface area contributed by atoms with Gasteiger partial charge in [0.25, 0.3) is 0 Å². The maximum absolute atomic E-state index is 14.0. The van der Waals surface area contributed by atoms with Crippen LogP contribution in [0.5, 0.6) is 5.75 Å². The van der Waals surface area contributed by atoms with E-state index in [9.17, 15) is 4.39 Å². The van der Waals surface area contributed by atoms with Crippen molar-refractivity contribution < 1.29 is 9.13 Å². The third-order valence-corrected chi connectivity index (χ3v) is 3.30. The molecule has 0 aliphatic heterocycles. The quantitative estimate of drug-likeness (QED) is 0.819. The summed E-state index contributed by atoms with van der Waals surface area (Å²) in [6, 6.07) is 5.10. The van der Waals surface area contributed by atoms with Gasteiger partial charge in [-0.3, -0.25) is 0 Å². The van der Waals surface area contributed by atoms with Crippen LogP contribution >= 0.6 is 0 Å². The Kier molecular flexibility index (Phi) is 4.00. The van der Waals surface area contributed by atoms with Crippen molar-refractivity contribution in [2.24, 2.45) is 5.92 Å². The van der Waals surface area contributed by atoms with Gasteiger partial charge in [-0.05, 0) is 31.0 Å². The summed E-state index contributed by atoms with van der Waals surface area (Å²) in [5.74, 6) is 1.23. The molecule has 17 heavy (non-hydrogen) atoms. The second-order valence-electron chi connectivity index (χ2n) is 4.65. The molecule has 0 saturated heterocycles. The maximum Gasteiger partial charge on any atom is 0.131 e. The van der Waals surface area contributed by atoms with Crippen molar-refractivity contribution in [3.05, 3.63) is 29.6 Å². The van der Waals surface area contributed by atoms with Gasteiger partial charge in [0.2, 0.25) is 0 Å². The van der Waals surface area contributed by atoms with Gasteiger partial charge < -0.3 is 10.1 Å². The third-order valence-electron chi connectivity index (χ3n) is 3.30. The maximum atomic E-state index is 14.0. The van der Waals surface area contributed by atoms with Gasteiger partial charge in [0.05, 0.1) is 7.11 Å². The molecule has 1 unspecified atom stereocenters. The number of benzene rings is 1. The molecule has 0 aromatic heterocycles. The van der Waals surface area contributed by atoms with Gasteiger partial charge in [-0.2, -0.15) is 0 Å². The topological polar surface area (TPSA) is 21.3 Å². The summed E-state index contributed by atoms with van der Waals surface area (Å²) in [7, 11) is 1.60. The highest BCUT2D eigenvalue weighted by Crippen LogP contribution is 2.40. The first-order chi connectivity index (χ1) is 8.26. The molecular weight excluding hydrogens is 217 g/mol. The zero-order valence-corrected chi connectivity index (χ0v) is 10.5. The van der Waals surface area contributed by atoms with Crippen LogP contribution in [0.4, 0.5) is 4.39 Å². The fourth-order valence-electron chi connectivity index (χ4n) is 2.27. The number of hydrogen-bond acceptors (Lipinski definition) is 2. The molecule has 0 bridgehead atoms. The standard InChI is InChI=1S/C14H20FNO/c1-3-16-12(9-10-7-8-10)14-11(15)5-4-6-13(14)17-2/h4-6,10,12,16H,3,7-9H2,1-2H3. The monoisotopic (exact) mass is 237 g/mol. The minimum Gasteiger partial charge on any atom is -0.496 e. The number of methoxy groups -OCH3 is 1. The summed E-state index contributed by atoms with van der Waals surface area (Å²) < 4.78 is 19.2. The third kappa shape index (κ3) is 2.97. The van der Waals surface area contributed by atoms with Crippen LogP contribution in [0.15, 0.2) is 18.2 Å². The van der Waals surface area contributed by atoms with Gasteiger partial charge in [0.1, 0.15) is 11.6 Å². The number of halogens is 1. The number of nitrogens with one attached hydrogen (secondary N) is 1. The Hall–Kier alpha value is -1.09. The largest absolute Gasteiger partial charge is 0.496 e. The molecule has 2 nitrogen and oxygen atoms in total. The lowest BCUT2D eigenvalue weighted by Gasteiger charge is -2.21. The van der Waals surface area contributed by atoms with E-state index in [4.69, 9.17) is 4.74 Å². The van der Waals surface area contributed by atoms with Gasteiger partial charge in [0, 0.05) is 11.6 Å². The molecule has 0 heterocycles. The molecule has 94 valence electrons. The van der Waals surface area contributed by atoms with Gasteiger partial charge in [0.15, 0.2) is 0 Å². The smallest absolute Gasteiger partial charge is 0.131 e. The average Bonchev–Trinajstić information content (AvgIpc) is 3.12. The molecule has 1 saturated carbocycles. The van der Waals surface area contributed by atoms with Crippen molar-refractivity contribution in [1.29, 1.82) is 0 Å². The number of hydrogen-bond donors (Lipinski definition) is 1. The zero-order chi connectivity index (χ0) is 12.3. The summed E-state index contributed by atoms with van der Waals surface area (Å²) in [6.45, 7) is 2.89. The van der Waals surface area contributed by atoms with Crippen LogP contribution in [0, 0.1) is 11.7 Å². The summed E-state index contributed by atoms with van der Waals surface area (Å²) in [4.78, 5) is 0. The van der Waals surface area contributed by atoms with Gasteiger partial charge in [-0.25, -0.2) is 4.39 Å². The van der Waals surface area contributed by atoms with Crippen LogP contribution in [-0.2, 0) is 0 Å². The molecule has 1 atom stereocenters. The Bertz CT molecular complexity index is 376. The van der Waals surface area contributed by atoms with E-state index in [2.05, 4.69) is 5.32 Å². The van der Waals surface area contributed by atoms with Crippen LogP contribution in [-0.4, -0.2) is 13.7 Å². The lowest BCUT2D eigenvalue weighted by atomic mass is 9.99. The van der Waals surface area contributed by atoms with Gasteiger partial charge in [-0.1, -0.05) is 25.8 Å². The molecule has 1 aromatic rings. The Morgan fingerprint density at radius 1 is 1.47 bits per heavy atom. The fourth-order valence-corrected chi connectivity index (χ4v) is 2.27. The Labute approximate surface area is 102 Å². The van der Waals surface area contributed by atoms with Crippen LogP contribution in [0.2, 0.25) is 0 Å². The summed E-state index contributed by atoms with van der Waals surface area (Å²) in [6.07, 6.45) is 3.56. The second kappa shape index (κ2) is 5.50. The predicted octanol–water partition coefficient (Wildman–Crippen LogP) is 3.29. The minimum absolute atomic E-state index is 0.0728.